The Balaban J connectivity index is 3.98. The molecule has 0 rings (SSSR count). The van der Waals surface area contributed by atoms with E-state index in [9.17, 15) is 0 Å². The van der Waals surface area contributed by atoms with Gasteiger partial charge in [-0.15, -0.1) is 0 Å². The monoisotopic (exact) mass is 194 g/mol. The summed E-state index contributed by atoms with van der Waals surface area (Å²) in [5.41, 5.74) is 3.35. The van der Waals surface area contributed by atoms with Crippen molar-refractivity contribution in [2.45, 2.75) is 60.8 Å². The summed E-state index contributed by atoms with van der Waals surface area (Å²) in [7, 11) is 0. The molecule has 0 saturated heterocycles. The molecule has 0 saturated carbocycles. The molecule has 82 valence electrons. The highest BCUT2D eigenvalue weighted by atomic mass is 14.1. The van der Waals surface area contributed by atoms with Gasteiger partial charge in [0.25, 0.3) is 0 Å². The molecule has 0 heteroatoms. The van der Waals surface area contributed by atoms with E-state index in [0.717, 1.165) is 0 Å². The maximum Gasteiger partial charge on any atom is -0.0201 e. The Morgan fingerprint density at radius 2 is 1.64 bits per heavy atom. The van der Waals surface area contributed by atoms with Crippen LogP contribution in [0.5, 0.6) is 0 Å². The van der Waals surface area contributed by atoms with Gasteiger partial charge in [-0.25, -0.2) is 0 Å². The van der Waals surface area contributed by atoms with Crippen LogP contribution < -0.4 is 0 Å². The Kier molecular flexibility index (Phi) is 5.83. The van der Waals surface area contributed by atoms with E-state index >= 15 is 0 Å². The fourth-order valence-electron chi connectivity index (χ4n) is 1.50. The summed E-state index contributed by atoms with van der Waals surface area (Å²) in [4.78, 5) is 0. The second-order valence-electron chi connectivity index (χ2n) is 5.30. The van der Waals surface area contributed by atoms with Crippen LogP contribution in [0.3, 0.4) is 0 Å². The first-order valence-corrected chi connectivity index (χ1v) is 5.69. The van der Waals surface area contributed by atoms with Crippen LogP contribution in [-0.2, 0) is 0 Å². The molecule has 0 aliphatic heterocycles. The summed E-state index contributed by atoms with van der Waals surface area (Å²) in [5.74, 6) is 0. The molecule has 0 atom stereocenters. The van der Waals surface area contributed by atoms with Crippen molar-refractivity contribution >= 4 is 0 Å². The molecule has 0 unspecified atom stereocenters. The molecule has 0 aromatic carbocycles. The molecule has 0 nitrogen and oxygen atoms in total. The van der Waals surface area contributed by atoms with Crippen molar-refractivity contribution < 1.29 is 0 Å². The second-order valence-corrected chi connectivity index (χ2v) is 5.30. The van der Waals surface area contributed by atoms with E-state index in [1.165, 1.54) is 30.4 Å². The molecular weight excluding hydrogens is 168 g/mol. The van der Waals surface area contributed by atoms with E-state index in [4.69, 9.17) is 0 Å². The minimum atomic E-state index is 0.327. The first kappa shape index (κ1) is 13.5. The molecule has 0 aliphatic carbocycles. The van der Waals surface area contributed by atoms with E-state index in [0.29, 0.717) is 5.41 Å². The van der Waals surface area contributed by atoms with Gasteiger partial charge in [0, 0.05) is 0 Å². The number of hydrogen-bond donors (Lipinski definition) is 0. The zero-order chi connectivity index (χ0) is 11.2. The smallest absolute Gasteiger partial charge is 0.0201 e. The van der Waals surface area contributed by atoms with Crippen molar-refractivity contribution in [3.8, 4) is 0 Å². The first-order valence-electron chi connectivity index (χ1n) is 5.69. The van der Waals surface area contributed by atoms with Crippen molar-refractivity contribution in [2.24, 2.45) is 5.41 Å². The molecule has 0 bridgehead atoms. The topological polar surface area (TPSA) is 0 Å². The van der Waals surface area contributed by atoms with Crippen molar-refractivity contribution in [1.82, 2.24) is 0 Å². The van der Waals surface area contributed by atoms with Crippen LogP contribution in [0.15, 0.2) is 23.3 Å². The zero-order valence-electron chi connectivity index (χ0n) is 10.8. The lowest BCUT2D eigenvalue weighted by Gasteiger charge is -2.13. The Morgan fingerprint density at radius 1 is 1.07 bits per heavy atom. The second kappa shape index (κ2) is 6.06. The summed E-state index contributed by atoms with van der Waals surface area (Å²) in [6.45, 7) is 13.4. The van der Waals surface area contributed by atoms with E-state index in [1.54, 1.807) is 0 Å². The Bertz CT molecular complexity index is 211. The minimum absolute atomic E-state index is 0.327. The predicted octanol–water partition coefficient (Wildman–Crippen LogP) is 5.12. The fraction of sp³-hybridized carbons (Fsp3) is 0.714. The third kappa shape index (κ3) is 8.10. The summed E-state index contributed by atoms with van der Waals surface area (Å²) >= 11 is 0. The predicted molar refractivity (Wildman–Crippen MR) is 66.5 cm³/mol. The van der Waals surface area contributed by atoms with Gasteiger partial charge >= 0.3 is 0 Å². The zero-order valence-corrected chi connectivity index (χ0v) is 10.8. The number of rotatable bonds is 4. The van der Waals surface area contributed by atoms with E-state index in [1.807, 2.05) is 0 Å². The van der Waals surface area contributed by atoms with Gasteiger partial charge in [-0.1, -0.05) is 51.0 Å². The third-order valence-electron chi connectivity index (χ3n) is 2.27. The largest absolute Gasteiger partial charge is 0.0853 e. The quantitative estimate of drug-likeness (QED) is 0.545. The average molecular weight is 194 g/mol. The van der Waals surface area contributed by atoms with E-state index in [-0.39, 0.29) is 0 Å². The maximum absolute atomic E-state index is 2.38. The summed E-state index contributed by atoms with van der Waals surface area (Å²) in [6.07, 6.45) is 8.32. The maximum atomic E-state index is 2.38. The van der Waals surface area contributed by atoms with Gasteiger partial charge in [-0.05, 0) is 38.5 Å². The molecule has 0 amide bonds. The van der Waals surface area contributed by atoms with Crippen molar-refractivity contribution in [1.29, 1.82) is 0 Å². The third-order valence-corrected chi connectivity index (χ3v) is 2.27. The van der Waals surface area contributed by atoms with E-state index in [2.05, 4.69) is 53.7 Å². The van der Waals surface area contributed by atoms with Crippen LogP contribution in [0.25, 0.3) is 0 Å². The van der Waals surface area contributed by atoms with Gasteiger partial charge in [0.1, 0.15) is 0 Å². The summed E-state index contributed by atoms with van der Waals surface area (Å²) in [5, 5.41) is 0. The molecule has 0 aliphatic rings. The van der Waals surface area contributed by atoms with Crippen LogP contribution in [0.1, 0.15) is 60.8 Å². The van der Waals surface area contributed by atoms with E-state index < -0.39 is 0 Å². The highest BCUT2D eigenvalue weighted by molar-refractivity contribution is 5.06. The number of allylic oxidation sites excluding steroid dienone is 4. The molecular formula is C14H26. The highest BCUT2D eigenvalue weighted by Gasteiger charge is 2.05. The molecule has 0 fully saturated rings. The van der Waals surface area contributed by atoms with Crippen LogP contribution in [-0.4, -0.2) is 0 Å². The molecule has 0 spiro atoms. The van der Waals surface area contributed by atoms with Crippen molar-refractivity contribution in [3.05, 3.63) is 23.3 Å². The van der Waals surface area contributed by atoms with Gasteiger partial charge in [0.05, 0.1) is 0 Å². The Labute approximate surface area is 90.1 Å². The van der Waals surface area contributed by atoms with Gasteiger partial charge in [0.2, 0.25) is 0 Å². The average Bonchev–Trinajstić information content (AvgIpc) is 2.00. The molecule has 0 heterocycles. The normalized spacial score (nSPS) is 14.7. The van der Waals surface area contributed by atoms with Crippen LogP contribution in [0.2, 0.25) is 0 Å². The SMILES string of the molecule is CC/C(C)=C/CC/C(C)=C/C(C)(C)C. The summed E-state index contributed by atoms with van der Waals surface area (Å²) < 4.78 is 0. The first-order chi connectivity index (χ1) is 6.35. The fourth-order valence-corrected chi connectivity index (χ4v) is 1.50. The van der Waals surface area contributed by atoms with Gasteiger partial charge in [-0.2, -0.15) is 0 Å². The Morgan fingerprint density at radius 3 is 2.07 bits per heavy atom. The van der Waals surface area contributed by atoms with Crippen LogP contribution in [0, 0.1) is 5.41 Å². The lowest BCUT2D eigenvalue weighted by molar-refractivity contribution is 0.537. The Hall–Kier alpha value is -0.520. The van der Waals surface area contributed by atoms with Gasteiger partial charge in [0.15, 0.2) is 0 Å². The summed E-state index contributed by atoms with van der Waals surface area (Å²) in [6, 6.07) is 0. The lowest BCUT2D eigenvalue weighted by Crippen LogP contribution is -2.00. The minimum Gasteiger partial charge on any atom is -0.0853 e. The van der Waals surface area contributed by atoms with Crippen molar-refractivity contribution in [3.63, 3.8) is 0 Å². The lowest BCUT2D eigenvalue weighted by atomic mass is 9.92. The number of hydrogen-bond acceptors (Lipinski definition) is 0. The molecule has 0 aromatic rings. The van der Waals surface area contributed by atoms with Gasteiger partial charge < -0.3 is 0 Å². The highest BCUT2D eigenvalue weighted by Crippen LogP contribution is 2.19. The van der Waals surface area contributed by atoms with Gasteiger partial charge in [-0.3, -0.25) is 0 Å². The molecule has 0 radical (unpaired) electrons. The molecule has 0 aromatic heterocycles. The van der Waals surface area contributed by atoms with Crippen LogP contribution in [0.4, 0.5) is 0 Å². The molecule has 0 N–H and O–H groups in total. The van der Waals surface area contributed by atoms with Crippen LogP contribution >= 0.6 is 0 Å². The molecule has 14 heavy (non-hydrogen) atoms. The van der Waals surface area contributed by atoms with Crippen molar-refractivity contribution in [2.75, 3.05) is 0 Å². The standard InChI is InChI=1S/C14H26/c1-7-12(2)9-8-10-13(3)11-14(4,5)6/h9,11H,7-8,10H2,1-6H3/b12-9+,13-11+.